The minimum atomic E-state index is -0.0384. The fourth-order valence-electron chi connectivity index (χ4n) is 4.07. The second-order valence-corrected chi connectivity index (χ2v) is 9.60. The van der Waals surface area contributed by atoms with Crippen molar-refractivity contribution in [2.24, 2.45) is 0 Å². The summed E-state index contributed by atoms with van der Waals surface area (Å²) < 4.78 is 1.10. The molecule has 0 N–H and O–H groups in total. The van der Waals surface area contributed by atoms with Crippen LogP contribution in [0.2, 0.25) is 0 Å². The number of thiazole rings is 1. The Balaban J connectivity index is 1.47. The molecule has 0 atom stereocenters. The van der Waals surface area contributed by atoms with E-state index in [4.69, 9.17) is 4.98 Å². The van der Waals surface area contributed by atoms with Crippen LogP contribution in [0.25, 0.3) is 10.2 Å². The van der Waals surface area contributed by atoms with Crippen molar-refractivity contribution in [3.63, 3.8) is 0 Å². The molecule has 0 aliphatic rings. The number of aromatic nitrogens is 1. The summed E-state index contributed by atoms with van der Waals surface area (Å²) in [5, 5.41) is 0.728. The highest BCUT2D eigenvalue weighted by molar-refractivity contribution is 7.22. The second-order valence-electron chi connectivity index (χ2n) is 8.59. The van der Waals surface area contributed by atoms with Crippen molar-refractivity contribution in [1.29, 1.82) is 0 Å². The molecule has 4 aromatic carbocycles. The molecule has 0 radical (unpaired) electrons. The normalized spacial score (nSPS) is 11.0. The standard InChI is InChI=1S/C30H26N2OS/c1-21-13-18-27-28(22(21)2)31-30(34-27)32(20-25-11-7-4-8-12-25)29(33)26-16-14-24(15-17-26)19-23-9-5-3-6-10-23/h3-18H,19-20H2,1-2H3. The van der Waals surface area contributed by atoms with Crippen molar-refractivity contribution >= 4 is 32.6 Å². The Morgan fingerprint density at radius 2 is 1.38 bits per heavy atom. The molecule has 0 spiro atoms. The molecule has 5 rings (SSSR count). The molecular weight excluding hydrogens is 436 g/mol. The average molecular weight is 463 g/mol. The molecular formula is C30H26N2OS. The summed E-state index contributed by atoms with van der Waals surface area (Å²) in [6.45, 7) is 4.66. The van der Waals surface area contributed by atoms with Crippen molar-refractivity contribution in [3.05, 3.63) is 130 Å². The summed E-state index contributed by atoms with van der Waals surface area (Å²) in [4.78, 5) is 20.5. The maximum absolute atomic E-state index is 13.7. The van der Waals surface area contributed by atoms with Gasteiger partial charge in [0, 0.05) is 5.56 Å². The number of rotatable bonds is 6. The minimum Gasteiger partial charge on any atom is -0.279 e. The Hall–Kier alpha value is -3.76. The minimum absolute atomic E-state index is 0.0384. The van der Waals surface area contributed by atoms with Gasteiger partial charge in [-0.1, -0.05) is 90.2 Å². The molecule has 168 valence electrons. The Bertz CT molecular complexity index is 1420. The van der Waals surface area contributed by atoms with Crippen LogP contribution in [0, 0.1) is 13.8 Å². The summed E-state index contributed by atoms with van der Waals surface area (Å²) in [6, 6.07) is 32.6. The number of carbonyl (C=O) groups excluding carboxylic acids is 1. The van der Waals surface area contributed by atoms with Crippen LogP contribution in [-0.2, 0) is 13.0 Å². The van der Waals surface area contributed by atoms with Gasteiger partial charge in [-0.2, -0.15) is 0 Å². The molecule has 4 heteroatoms. The fraction of sp³-hybridized carbons (Fsp3) is 0.133. The molecule has 34 heavy (non-hydrogen) atoms. The van der Waals surface area contributed by atoms with Gasteiger partial charge in [0.05, 0.1) is 16.8 Å². The third-order valence-electron chi connectivity index (χ3n) is 6.19. The first kappa shape index (κ1) is 22.1. The Morgan fingerprint density at radius 3 is 2.06 bits per heavy atom. The Morgan fingerprint density at radius 1 is 0.765 bits per heavy atom. The van der Waals surface area contributed by atoms with E-state index in [2.05, 4.69) is 50.2 Å². The van der Waals surface area contributed by atoms with Crippen molar-refractivity contribution in [3.8, 4) is 0 Å². The van der Waals surface area contributed by atoms with Gasteiger partial charge in [0.2, 0.25) is 0 Å². The monoisotopic (exact) mass is 462 g/mol. The molecule has 0 unspecified atom stereocenters. The summed E-state index contributed by atoms with van der Waals surface area (Å²) >= 11 is 1.57. The van der Waals surface area contributed by atoms with Gasteiger partial charge in [-0.3, -0.25) is 9.69 Å². The van der Waals surface area contributed by atoms with Gasteiger partial charge < -0.3 is 0 Å². The van der Waals surface area contributed by atoms with Crippen LogP contribution in [0.3, 0.4) is 0 Å². The molecule has 3 nitrogen and oxygen atoms in total. The van der Waals surface area contributed by atoms with E-state index in [-0.39, 0.29) is 5.91 Å². The molecule has 5 aromatic rings. The van der Waals surface area contributed by atoms with Crippen molar-refractivity contribution in [2.75, 3.05) is 4.90 Å². The van der Waals surface area contributed by atoms with E-state index in [1.807, 2.05) is 60.7 Å². The number of aryl methyl sites for hydroxylation is 2. The second kappa shape index (κ2) is 9.62. The lowest BCUT2D eigenvalue weighted by Gasteiger charge is -2.20. The van der Waals surface area contributed by atoms with E-state index >= 15 is 0 Å². The van der Waals surface area contributed by atoms with Gasteiger partial charge in [-0.25, -0.2) is 4.98 Å². The third kappa shape index (κ3) is 4.63. The number of benzene rings is 4. The number of hydrogen-bond acceptors (Lipinski definition) is 3. The van der Waals surface area contributed by atoms with Crippen LogP contribution >= 0.6 is 11.3 Å². The third-order valence-corrected chi connectivity index (χ3v) is 7.23. The molecule has 1 amide bonds. The zero-order valence-corrected chi connectivity index (χ0v) is 20.2. The molecule has 0 aliphatic carbocycles. The van der Waals surface area contributed by atoms with Crippen molar-refractivity contribution in [2.45, 2.75) is 26.8 Å². The maximum Gasteiger partial charge on any atom is 0.260 e. The molecule has 0 saturated heterocycles. The first-order valence-corrected chi connectivity index (χ1v) is 12.3. The van der Waals surface area contributed by atoms with E-state index in [0.29, 0.717) is 12.1 Å². The highest BCUT2D eigenvalue weighted by atomic mass is 32.1. The molecule has 0 saturated carbocycles. The molecule has 0 bridgehead atoms. The predicted molar refractivity (Wildman–Crippen MR) is 142 cm³/mol. The van der Waals surface area contributed by atoms with Crippen LogP contribution < -0.4 is 4.90 Å². The smallest absolute Gasteiger partial charge is 0.260 e. The van der Waals surface area contributed by atoms with Gasteiger partial charge in [-0.05, 0) is 66.3 Å². The fourth-order valence-corrected chi connectivity index (χ4v) is 5.10. The predicted octanol–water partition coefficient (Wildman–Crippen LogP) is 7.35. The first-order valence-electron chi connectivity index (χ1n) is 11.4. The van der Waals surface area contributed by atoms with Crippen molar-refractivity contribution in [1.82, 2.24) is 4.98 Å². The van der Waals surface area contributed by atoms with Gasteiger partial charge in [0.15, 0.2) is 5.13 Å². The van der Waals surface area contributed by atoms with Gasteiger partial charge in [-0.15, -0.1) is 0 Å². The number of nitrogens with zero attached hydrogens (tertiary/aromatic N) is 2. The zero-order chi connectivity index (χ0) is 23.5. The van der Waals surface area contributed by atoms with Gasteiger partial charge in [0.1, 0.15) is 0 Å². The molecule has 0 fully saturated rings. The summed E-state index contributed by atoms with van der Waals surface area (Å²) in [7, 11) is 0. The van der Waals surface area contributed by atoms with E-state index in [1.54, 1.807) is 16.2 Å². The quantitative estimate of drug-likeness (QED) is 0.264. The van der Waals surface area contributed by atoms with E-state index in [0.717, 1.165) is 32.9 Å². The Kier molecular flexibility index (Phi) is 6.24. The zero-order valence-electron chi connectivity index (χ0n) is 19.4. The highest BCUT2D eigenvalue weighted by Gasteiger charge is 2.22. The van der Waals surface area contributed by atoms with Crippen LogP contribution in [0.4, 0.5) is 5.13 Å². The lowest BCUT2D eigenvalue weighted by Crippen LogP contribution is -2.30. The van der Waals surface area contributed by atoms with Crippen LogP contribution in [0.5, 0.6) is 0 Å². The van der Waals surface area contributed by atoms with Crippen molar-refractivity contribution < 1.29 is 4.79 Å². The highest BCUT2D eigenvalue weighted by Crippen LogP contribution is 2.33. The van der Waals surface area contributed by atoms with E-state index in [1.165, 1.54) is 16.7 Å². The molecule has 1 aromatic heterocycles. The van der Waals surface area contributed by atoms with Gasteiger partial charge in [0.25, 0.3) is 5.91 Å². The number of hydrogen-bond donors (Lipinski definition) is 0. The molecule has 1 heterocycles. The lowest BCUT2D eigenvalue weighted by atomic mass is 10.0. The maximum atomic E-state index is 13.7. The summed E-state index contributed by atoms with van der Waals surface area (Å²) in [5.74, 6) is -0.0384. The number of carbonyl (C=O) groups is 1. The summed E-state index contributed by atoms with van der Waals surface area (Å²) in [5.41, 5.74) is 7.53. The topological polar surface area (TPSA) is 33.2 Å². The Labute approximate surface area is 204 Å². The number of fused-ring (bicyclic) bond motifs is 1. The van der Waals surface area contributed by atoms with Crippen LogP contribution in [0.1, 0.15) is 38.2 Å². The largest absolute Gasteiger partial charge is 0.279 e. The van der Waals surface area contributed by atoms with E-state index in [9.17, 15) is 4.79 Å². The first-order chi connectivity index (χ1) is 16.6. The van der Waals surface area contributed by atoms with Crippen LogP contribution in [0.15, 0.2) is 97.1 Å². The average Bonchev–Trinajstić information content (AvgIpc) is 3.31. The summed E-state index contributed by atoms with van der Waals surface area (Å²) in [6.07, 6.45) is 0.847. The molecule has 0 aliphatic heterocycles. The van der Waals surface area contributed by atoms with Gasteiger partial charge >= 0.3 is 0 Å². The van der Waals surface area contributed by atoms with E-state index < -0.39 is 0 Å². The lowest BCUT2D eigenvalue weighted by molar-refractivity contribution is 0.0985. The SMILES string of the molecule is Cc1ccc2sc(N(Cc3ccccc3)C(=O)c3ccc(Cc4ccccc4)cc3)nc2c1C. The van der Waals surface area contributed by atoms with Crippen LogP contribution in [-0.4, -0.2) is 10.9 Å². The number of anilines is 1. The number of amides is 1.